The van der Waals surface area contributed by atoms with E-state index in [1.807, 2.05) is 0 Å². The lowest BCUT2D eigenvalue weighted by Crippen LogP contribution is -2.67. The lowest BCUT2D eigenvalue weighted by atomic mass is 9.33. The van der Waals surface area contributed by atoms with Crippen LogP contribution in [-0.4, -0.2) is 182 Å². The Morgan fingerprint density at radius 1 is 0.647 bits per heavy atom. The summed E-state index contributed by atoms with van der Waals surface area (Å²) in [6, 6.07) is 0. The van der Waals surface area contributed by atoms with Crippen LogP contribution in [0.4, 0.5) is 0 Å². The maximum atomic E-state index is 14.7. The SMILES string of the molecule is COC(=O)[C@@H]1O[C@H](O[C@@H]2CC[C@]3(C)[C@H](CC[C@@]4(C)[C@H]3CC=C3[C@H]5CC(C)(C)CC[C@@]5(C(=O)O[C@H]5O[C@@H](CO)[C@H](O)[C@@H](O)[C@@H]5O)CC[C@@]34C)C2(C)C)[C@@H](O[C@H]2O[C@@H](CO)[C@H](O)[C@@H](O)[C@@H]2O)[C@H](O)[C@H]1O. The van der Waals surface area contributed by atoms with Crippen molar-refractivity contribution in [1.29, 1.82) is 0 Å². The van der Waals surface area contributed by atoms with E-state index in [1.54, 1.807) is 0 Å². The summed E-state index contributed by atoms with van der Waals surface area (Å²) in [5, 5.41) is 106. The topological polar surface area (TPSA) is 301 Å². The van der Waals surface area contributed by atoms with E-state index in [4.69, 9.17) is 33.2 Å². The average molecular weight is 971 g/mol. The lowest BCUT2D eigenvalue weighted by Gasteiger charge is -2.71. The highest BCUT2D eigenvalue weighted by Gasteiger charge is 2.70. The molecule has 19 nitrogen and oxygen atoms in total. The molecule has 3 saturated heterocycles. The van der Waals surface area contributed by atoms with Gasteiger partial charge in [0.05, 0.1) is 31.8 Å². The highest BCUT2D eigenvalue weighted by atomic mass is 16.8. The van der Waals surface area contributed by atoms with Gasteiger partial charge in [-0.05, 0) is 109 Å². The fourth-order valence-corrected chi connectivity index (χ4v) is 15.1. The van der Waals surface area contributed by atoms with Crippen LogP contribution in [0.15, 0.2) is 11.6 Å². The third-order valence-electron chi connectivity index (χ3n) is 19.5. The minimum Gasteiger partial charge on any atom is -0.467 e. The summed E-state index contributed by atoms with van der Waals surface area (Å²) < 4.78 is 41.0. The van der Waals surface area contributed by atoms with Crippen LogP contribution in [0.1, 0.15) is 113 Å². The summed E-state index contributed by atoms with van der Waals surface area (Å²) in [5.41, 5.74) is -0.950. The number of carbonyl (C=O) groups excluding carboxylic acids is 2. The second-order valence-corrected chi connectivity index (χ2v) is 23.7. The summed E-state index contributed by atoms with van der Waals surface area (Å²) in [6.07, 6.45) is -15.5. The van der Waals surface area contributed by atoms with E-state index in [0.717, 1.165) is 45.6 Å². The summed E-state index contributed by atoms with van der Waals surface area (Å²) in [6.45, 7) is 14.6. The smallest absolute Gasteiger partial charge is 0.337 e. The molecule has 68 heavy (non-hydrogen) atoms. The first-order chi connectivity index (χ1) is 31.8. The molecular weight excluding hydrogens is 893 g/mol. The van der Waals surface area contributed by atoms with Gasteiger partial charge >= 0.3 is 11.9 Å². The molecule has 7 fully saturated rings. The Morgan fingerprint density at radius 3 is 1.87 bits per heavy atom. The maximum Gasteiger partial charge on any atom is 0.337 e. The van der Waals surface area contributed by atoms with Gasteiger partial charge in [0.25, 0.3) is 0 Å². The van der Waals surface area contributed by atoms with Gasteiger partial charge in [-0.1, -0.05) is 60.1 Å². The first-order valence-electron chi connectivity index (χ1n) is 24.7. The monoisotopic (exact) mass is 971 g/mol. The van der Waals surface area contributed by atoms with E-state index in [0.29, 0.717) is 25.7 Å². The van der Waals surface area contributed by atoms with Crippen molar-refractivity contribution < 1.29 is 93.8 Å². The Bertz CT molecular complexity index is 1890. The van der Waals surface area contributed by atoms with E-state index < -0.39 is 134 Å². The molecule has 5 aliphatic carbocycles. The van der Waals surface area contributed by atoms with Crippen molar-refractivity contribution in [2.24, 2.45) is 50.2 Å². The Labute approximate surface area is 398 Å². The van der Waals surface area contributed by atoms with Gasteiger partial charge in [0, 0.05) is 0 Å². The number of hydrogen-bond donors (Lipinski definition) is 10. The molecule has 0 unspecified atom stereocenters. The number of methoxy groups -OCH3 is 1. The molecule has 8 rings (SSSR count). The molecule has 0 bridgehead atoms. The summed E-state index contributed by atoms with van der Waals surface area (Å²) in [7, 11) is 1.12. The normalized spacial score (nSPS) is 52.0. The van der Waals surface area contributed by atoms with Crippen molar-refractivity contribution in [3.8, 4) is 0 Å². The van der Waals surface area contributed by atoms with E-state index in [-0.39, 0.29) is 39.4 Å². The van der Waals surface area contributed by atoms with Crippen molar-refractivity contribution >= 4 is 11.9 Å². The molecule has 0 aromatic carbocycles. The molecule has 3 heterocycles. The van der Waals surface area contributed by atoms with Crippen LogP contribution >= 0.6 is 0 Å². The fourth-order valence-electron chi connectivity index (χ4n) is 15.1. The Balaban J connectivity index is 1.05. The predicted octanol–water partition coefficient (Wildman–Crippen LogP) is 0.321. The van der Waals surface area contributed by atoms with Gasteiger partial charge in [0.2, 0.25) is 6.29 Å². The minimum absolute atomic E-state index is 0.0770. The van der Waals surface area contributed by atoms with Gasteiger partial charge in [0.1, 0.15) is 67.1 Å². The maximum absolute atomic E-state index is 14.7. The molecule has 10 N–H and O–H groups in total. The standard InChI is InChI=1S/C49H78O19/c1-44(2)15-17-49(43(61)68-41-36(59)32(55)30(53)25(21-51)64-41)18-16-47(6)22(23(49)19-44)9-10-27-46(5)13-12-28(45(3,4)26(46)11-14-48(27,47)7)65-42-38(34(57)33(56)37(66-42)39(60)62-8)67-40-35(58)31(54)29(52)24(20-50)63-40/h9,23-38,40-42,50-59H,10-21H2,1-8H3/t23-,24+,25+,26-,27+,28-,29+,30+,31-,32-,33-,34-,35+,36+,37-,38+,40-,41-,42+,46-,47+,48+,49-/m1/s1. The second kappa shape index (κ2) is 18.5. The van der Waals surface area contributed by atoms with Crippen molar-refractivity contribution in [2.45, 2.75) is 211 Å². The Kier molecular flexibility index (Phi) is 14.3. The largest absolute Gasteiger partial charge is 0.467 e. The number of carbonyl (C=O) groups is 2. The molecule has 388 valence electrons. The molecule has 23 atom stereocenters. The lowest BCUT2D eigenvalue weighted by molar-refractivity contribution is -0.374. The van der Waals surface area contributed by atoms with Crippen LogP contribution < -0.4 is 0 Å². The molecule has 4 saturated carbocycles. The summed E-state index contributed by atoms with van der Waals surface area (Å²) >= 11 is 0. The molecule has 8 aliphatic rings. The quantitative estimate of drug-likeness (QED) is 0.0846. The van der Waals surface area contributed by atoms with Crippen LogP contribution in [0, 0.1) is 50.2 Å². The van der Waals surface area contributed by atoms with Crippen molar-refractivity contribution in [2.75, 3.05) is 20.3 Å². The Morgan fingerprint density at radius 2 is 1.25 bits per heavy atom. The summed E-state index contributed by atoms with van der Waals surface area (Å²) in [4.78, 5) is 27.6. The summed E-state index contributed by atoms with van der Waals surface area (Å²) in [5.74, 6) is -1.30. The van der Waals surface area contributed by atoms with Crippen molar-refractivity contribution in [3.05, 3.63) is 11.6 Å². The number of rotatable bonds is 9. The molecule has 0 radical (unpaired) electrons. The van der Waals surface area contributed by atoms with Crippen LogP contribution in [0.3, 0.4) is 0 Å². The Hall–Kier alpha value is -1.92. The molecule has 19 heteroatoms. The van der Waals surface area contributed by atoms with Gasteiger partial charge in [-0.3, -0.25) is 4.79 Å². The third kappa shape index (κ3) is 8.13. The highest BCUT2D eigenvalue weighted by Crippen LogP contribution is 2.76. The molecule has 0 aromatic heterocycles. The second-order valence-electron chi connectivity index (χ2n) is 23.7. The van der Waals surface area contributed by atoms with Crippen LogP contribution in [-0.2, 0) is 42.7 Å². The number of ether oxygens (including phenoxy) is 7. The zero-order valence-corrected chi connectivity index (χ0v) is 40.7. The van der Waals surface area contributed by atoms with E-state index in [1.165, 1.54) is 5.57 Å². The minimum atomic E-state index is -1.85. The van der Waals surface area contributed by atoms with Crippen LogP contribution in [0.25, 0.3) is 0 Å². The van der Waals surface area contributed by atoms with E-state index in [9.17, 15) is 60.7 Å². The first-order valence-corrected chi connectivity index (χ1v) is 24.7. The highest BCUT2D eigenvalue weighted by molar-refractivity contribution is 5.79. The zero-order valence-electron chi connectivity index (χ0n) is 40.7. The molecule has 0 spiro atoms. The number of aliphatic hydroxyl groups is 10. The van der Waals surface area contributed by atoms with Gasteiger partial charge < -0.3 is 84.2 Å². The van der Waals surface area contributed by atoms with Crippen molar-refractivity contribution in [3.63, 3.8) is 0 Å². The van der Waals surface area contributed by atoms with Gasteiger partial charge in [-0.2, -0.15) is 0 Å². The number of esters is 2. The van der Waals surface area contributed by atoms with E-state index in [2.05, 4.69) is 54.5 Å². The fraction of sp³-hybridized carbons (Fsp3) is 0.918. The number of aliphatic hydroxyl groups excluding tert-OH is 10. The van der Waals surface area contributed by atoms with E-state index >= 15 is 0 Å². The zero-order chi connectivity index (χ0) is 49.8. The molecular formula is C49H78O19. The average Bonchev–Trinajstić information content (AvgIpc) is 3.29. The first kappa shape index (κ1) is 52.4. The van der Waals surface area contributed by atoms with Gasteiger partial charge in [-0.25, -0.2) is 4.79 Å². The molecule has 3 aliphatic heterocycles. The number of fused-ring (bicyclic) bond motifs is 7. The number of hydrogen-bond acceptors (Lipinski definition) is 19. The van der Waals surface area contributed by atoms with Crippen LogP contribution in [0.5, 0.6) is 0 Å². The van der Waals surface area contributed by atoms with Gasteiger partial charge in [0.15, 0.2) is 18.7 Å². The van der Waals surface area contributed by atoms with Gasteiger partial charge in [-0.15, -0.1) is 0 Å². The molecule has 0 aromatic rings. The third-order valence-corrected chi connectivity index (χ3v) is 19.5. The van der Waals surface area contributed by atoms with Crippen LogP contribution in [0.2, 0.25) is 0 Å². The van der Waals surface area contributed by atoms with Crippen molar-refractivity contribution in [1.82, 2.24) is 0 Å². The molecule has 0 amide bonds. The predicted molar refractivity (Wildman–Crippen MR) is 235 cm³/mol. The number of allylic oxidation sites excluding steroid dienone is 2.